The van der Waals surface area contributed by atoms with Crippen molar-refractivity contribution >= 4 is 16.9 Å². The number of likely N-dealkylation sites (N-methyl/N-ethyl adjacent to an activating group) is 1. The molecule has 2 aliphatic rings. The van der Waals surface area contributed by atoms with Crippen LogP contribution < -0.4 is 10.1 Å². The zero-order valence-corrected chi connectivity index (χ0v) is 20.2. The topological polar surface area (TPSA) is 66.7 Å². The van der Waals surface area contributed by atoms with E-state index in [1.807, 2.05) is 18.2 Å². The number of carbonyl (C=O) groups is 1. The second-order valence-corrected chi connectivity index (χ2v) is 10.0. The summed E-state index contributed by atoms with van der Waals surface area (Å²) in [7, 11) is 4.15. The highest BCUT2D eigenvalue weighted by molar-refractivity contribution is 5.98. The number of rotatable bonds is 6. The zero-order valence-electron chi connectivity index (χ0n) is 20.2. The molecule has 6 heteroatoms. The SMILES string of the molecule is CN(C)CCNC1COc2ccccc2-c2c(C3CCCCC3)c3ccc(C(=O)O)cc3n2C1. The maximum Gasteiger partial charge on any atom is 0.335 e. The predicted molar refractivity (Wildman–Crippen MR) is 136 cm³/mol. The molecule has 0 saturated heterocycles. The van der Waals surface area contributed by atoms with Crippen molar-refractivity contribution < 1.29 is 14.6 Å². The summed E-state index contributed by atoms with van der Waals surface area (Å²) < 4.78 is 8.75. The Hall–Kier alpha value is -2.83. The van der Waals surface area contributed by atoms with Gasteiger partial charge >= 0.3 is 5.97 Å². The normalized spacial score (nSPS) is 18.7. The molecular formula is C28H35N3O3. The number of hydrogen-bond donors (Lipinski definition) is 2. The van der Waals surface area contributed by atoms with Gasteiger partial charge < -0.3 is 24.6 Å². The first kappa shape index (κ1) is 22.9. The lowest BCUT2D eigenvalue weighted by Gasteiger charge is -2.28. The predicted octanol–water partition coefficient (Wildman–Crippen LogP) is 4.97. The zero-order chi connectivity index (χ0) is 23.7. The molecule has 5 rings (SSSR count). The molecule has 6 nitrogen and oxygen atoms in total. The van der Waals surface area contributed by atoms with Crippen molar-refractivity contribution in [3.63, 3.8) is 0 Å². The second-order valence-electron chi connectivity index (χ2n) is 10.0. The van der Waals surface area contributed by atoms with E-state index in [-0.39, 0.29) is 6.04 Å². The molecule has 2 N–H and O–H groups in total. The van der Waals surface area contributed by atoms with Crippen LogP contribution in [0.4, 0.5) is 0 Å². The highest BCUT2D eigenvalue weighted by atomic mass is 16.5. The molecule has 0 amide bonds. The van der Waals surface area contributed by atoms with Gasteiger partial charge in [0.1, 0.15) is 12.4 Å². The highest BCUT2D eigenvalue weighted by Crippen LogP contribution is 2.46. The summed E-state index contributed by atoms with van der Waals surface area (Å²) in [5.41, 5.74) is 5.05. The van der Waals surface area contributed by atoms with Gasteiger partial charge in [-0.25, -0.2) is 4.79 Å². The Bertz CT molecular complexity index is 1180. The van der Waals surface area contributed by atoms with E-state index in [2.05, 4.69) is 47.1 Å². The Balaban J connectivity index is 1.70. The molecule has 1 unspecified atom stereocenters. The molecule has 2 heterocycles. The van der Waals surface area contributed by atoms with Crippen LogP contribution in [-0.4, -0.2) is 60.4 Å². The smallest absolute Gasteiger partial charge is 0.335 e. The van der Waals surface area contributed by atoms with Gasteiger partial charge in [0.25, 0.3) is 0 Å². The Kier molecular flexibility index (Phi) is 6.61. The third kappa shape index (κ3) is 4.44. The van der Waals surface area contributed by atoms with Crippen LogP contribution in [0.15, 0.2) is 42.5 Å². The van der Waals surface area contributed by atoms with Crippen LogP contribution in [0.3, 0.4) is 0 Å². The summed E-state index contributed by atoms with van der Waals surface area (Å²) >= 11 is 0. The number of carboxylic acid groups (broad SMARTS) is 1. The average Bonchev–Trinajstić information content (AvgIpc) is 3.14. The molecular weight excluding hydrogens is 426 g/mol. The van der Waals surface area contributed by atoms with Gasteiger partial charge in [-0.15, -0.1) is 0 Å². The minimum atomic E-state index is -0.882. The second kappa shape index (κ2) is 9.80. The summed E-state index contributed by atoms with van der Waals surface area (Å²) in [5, 5.41) is 14.6. The van der Waals surface area contributed by atoms with Crippen molar-refractivity contribution in [2.45, 2.75) is 50.6 Å². The van der Waals surface area contributed by atoms with E-state index < -0.39 is 5.97 Å². The fourth-order valence-corrected chi connectivity index (χ4v) is 5.66. The van der Waals surface area contributed by atoms with Gasteiger partial charge in [-0.2, -0.15) is 0 Å². The number of ether oxygens (including phenoxy) is 1. The molecule has 1 aliphatic heterocycles. The molecule has 0 spiro atoms. The minimum Gasteiger partial charge on any atom is -0.491 e. The number of aromatic nitrogens is 1. The number of fused-ring (bicyclic) bond motifs is 5. The Labute approximate surface area is 201 Å². The number of nitrogens with zero attached hydrogens (tertiary/aromatic N) is 2. The summed E-state index contributed by atoms with van der Waals surface area (Å²) in [4.78, 5) is 14.0. The summed E-state index contributed by atoms with van der Waals surface area (Å²) in [6.07, 6.45) is 6.15. The quantitative estimate of drug-likeness (QED) is 0.543. The molecule has 2 aromatic carbocycles. The lowest BCUT2D eigenvalue weighted by molar-refractivity contribution is 0.0697. The van der Waals surface area contributed by atoms with Gasteiger partial charge in [0.15, 0.2) is 0 Å². The van der Waals surface area contributed by atoms with Crippen molar-refractivity contribution in [3.05, 3.63) is 53.6 Å². The molecule has 0 bridgehead atoms. The van der Waals surface area contributed by atoms with Gasteiger partial charge in [0.2, 0.25) is 0 Å². The maximum absolute atomic E-state index is 11.9. The molecule has 0 radical (unpaired) electrons. The molecule has 34 heavy (non-hydrogen) atoms. The van der Waals surface area contributed by atoms with Gasteiger partial charge in [0, 0.05) is 36.1 Å². The van der Waals surface area contributed by atoms with Crippen molar-refractivity contribution in [2.75, 3.05) is 33.8 Å². The van der Waals surface area contributed by atoms with Gasteiger partial charge in [-0.05, 0) is 62.7 Å². The van der Waals surface area contributed by atoms with Crippen LogP contribution >= 0.6 is 0 Å². The Morgan fingerprint density at radius 2 is 1.94 bits per heavy atom. The lowest BCUT2D eigenvalue weighted by atomic mass is 9.81. The van der Waals surface area contributed by atoms with Crippen molar-refractivity contribution in [1.29, 1.82) is 0 Å². The first-order chi connectivity index (χ1) is 16.5. The van der Waals surface area contributed by atoms with Gasteiger partial charge in [-0.3, -0.25) is 0 Å². The van der Waals surface area contributed by atoms with Gasteiger partial charge in [-0.1, -0.05) is 37.5 Å². The van der Waals surface area contributed by atoms with Crippen LogP contribution in [0.5, 0.6) is 5.75 Å². The monoisotopic (exact) mass is 461 g/mol. The Morgan fingerprint density at radius 3 is 2.71 bits per heavy atom. The van der Waals surface area contributed by atoms with Crippen molar-refractivity contribution in [1.82, 2.24) is 14.8 Å². The van der Waals surface area contributed by atoms with E-state index in [4.69, 9.17) is 4.74 Å². The van der Waals surface area contributed by atoms with Crippen LogP contribution in [0, 0.1) is 0 Å². The molecule has 1 atom stereocenters. The first-order valence-corrected chi connectivity index (χ1v) is 12.5. The van der Waals surface area contributed by atoms with E-state index in [0.29, 0.717) is 18.1 Å². The van der Waals surface area contributed by atoms with Crippen LogP contribution in [0.1, 0.15) is 53.9 Å². The highest BCUT2D eigenvalue weighted by Gasteiger charge is 2.30. The fourth-order valence-electron chi connectivity index (χ4n) is 5.66. The molecule has 1 aromatic heterocycles. The third-order valence-corrected chi connectivity index (χ3v) is 7.34. The molecule has 1 saturated carbocycles. The summed E-state index contributed by atoms with van der Waals surface area (Å²) in [6.45, 7) is 3.13. The summed E-state index contributed by atoms with van der Waals surface area (Å²) in [5.74, 6) is 0.504. The number of para-hydroxylation sites is 1. The van der Waals surface area contributed by atoms with E-state index in [0.717, 1.165) is 36.5 Å². The number of nitrogens with one attached hydrogen (secondary N) is 1. The van der Waals surface area contributed by atoms with E-state index >= 15 is 0 Å². The van der Waals surface area contributed by atoms with E-state index in [9.17, 15) is 9.90 Å². The van der Waals surface area contributed by atoms with Crippen LogP contribution in [0.25, 0.3) is 22.2 Å². The molecule has 3 aromatic rings. The van der Waals surface area contributed by atoms with Crippen LogP contribution in [-0.2, 0) is 6.54 Å². The molecule has 1 aliphatic carbocycles. The van der Waals surface area contributed by atoms with Crippen molar-refractivity contribution in [3.8, 4) is 17.0 Å². The standard InChI is InChI=1S/C28H35N3O3/c1-30(2)15-14-29-21-17-31-24-16-20(28(32)33)12-13-22(24)26(19-8-4-3-5-9-19)27(31)23-10-6-7-11-25(23)34-18-21/h6-7,10-13,16,19,21,29H,3-5,8-9,14-15,17-18H2,1-2H3,(H,32,33). The van der Waals surface area contributed by atoms with Crippen molar-refractivity contribution in [2.24, 2.45) is 0 Å². The number of aromatic carboxylic acids is 1. The average molecular weight is 462 g/mol. The third-order valence-electron chi connectivity index (χ3n) is 7.34. The minimum absolute atomic E-state index is 0.121. The number of hydrogen-bond acceptors (Lipinski definition) is 4. The lowest BCUT2D eigenvalue weighted by Crippen LogP contribution is -2.42. The van der Waals surface area contributed by atoms with E-state index in [1.54, 1.807) is 6.07 Å². The number of benzene rings is 2. The fraction of sp³-hybridized carbons (Fsp3) is 0.464. The summed E-state index contributed by atoms with van der Waals surface area (Å²) in [6, 6.07) is 14.1. The van der Waals surface area contributed by atoms with E-state index in [1.165, 1.54) is 48.7 Å². The van der Waals surface area contributed by atoms with Crippen LogP contribution in [0.2, 0.25) is 0 Å². The Morgan fingerprint density at radius 1 is 1.15 bits per heavy atom. The largest absolute Gasteiger partial charge is 0.491 e. The first-order valence-electron chi connectivity index (χ1n) is 12.5. The maximum atomic E-state index is 11.9. The molecule has 1 fully saturated rings. The molecule has 180 valence electrons. The van der Waals surface area contributed by atoms with Gasteiger partial charge in [0.05, 0.1) is 17.3 Å². The number of carboxylic acids is 1.